The Morgan fingerprint density at radius 3 is 1.43 bits per heavy atom. The molecule has 0 amide bonds. The predicted octanol–water partition coefficient (Wildman–Crippen LogP) is 12.8. The number of benzene rings is 4. The number of rotatable bonds is 15. The van der Waals surface area contributed by atoms with E-state index in [1.807, 2.05) is 36.4 Å². The fourth-order valence-corrected chi connectivity index (χ4v) is 10.4. The second-order valence-corrected chi connectivity index (χ2v) is 31.4. The van der Waals surface area contributed by atoms with Gasteiger partial charge in [0.25, 0.3) is 16.6 Å². The quantitative estimate of drug-likeness (QED) is 0.0859. The molecule has 0 bridgehead atoms. The first kappa shape index (κ1) is 59.7. The number of carbonyl (C=O) groups is 1. The van der Waals surface area contributed by atoms with Crippen LogP contribution in [-0.4, -0.2) is 103 Å². The predicted molar refractivity (Wildman–Crippen MR) is 295 cm³/mol. The van der Waals surface area contributed by atoms with Crippen molar-refractivity contribution in [1.82, 2.24) is 0 Å². The van der Waals surface area contributed by atoms with Crippen LogP contribution < -0.4 is 46.7 Å². The number of halogens is 1. The first-order valence-corrected chi connectivity index (χ1v) is 31.0. The standard InChI is InChI=1S/C28H40O6Si.C15H20O5.C13H21BrO2Si/c1-28(2,3)35(8,9)34-24-15-19(11-13-23(24)30-4)21-14-18(17-29)10-12-20-22(21)16-25(31-5)27(33-7)26(20)32-6;1-18-13-7-11-10(14(19-2)15(13)20-3)5-4-9(8-16)6-12(11)17;1-13(2,3)17(5,6)16-12-9-10(14)7-8-11(12)15-4/h11,13-16,18,29H,10,12,17H2,1-9H3;7,9,16H,4-6,8H2,1-3H3;7-9H,1-6H3/t18-;9-;/m11./s1. The van der Waals surface area contributed by atoms with Crippen LogP contribution in [0.3, 0.4) is 0 Å². The minimum atomic E-state index is -2.11. The van der Waals surface area contributed by atoms with E-state index >= 15 is 0 Å². The molecule has 0 aliphatic heterocycles. The van der Waals surface area contributed by atoms with E-state index in [1.54, 1.807) is 55.8 Å². The molecule has 2 N–H and O–H groups in total. The Kier molecular flexibility index (Phi) is 21.0. The molecule has 0 heterocycles. The molecule has 0 unspecified atom stereocenters. The number of ketones is 1. The van der Waals surface area contributed by atoms with Gasteiger partial charge in [-0.15, -0.1) is 0 Å². The number of ether oxygens (including phenoxy) is 8. The van der Waals surface area contributed by atoms with E-state index in [2.05, 4.69) is 95.8 Å². The largest absolute Gasteiger partial charge is 0.541 e. The topological polar surface area (TPSA) is 150 Å². The molecule has 72 heavy (non-hydrogen) atoms. The lowest BCUT2D eigenvalue weighted by Crippen LogP contribution is -2.43. The molecule has 6 rings (SSSR count). The number of aliphatic hydroxyl groups excluding tert-OH is 2. The van der Waals surface area contributed by atoms with Gasteiger partial charge in [0.2, 0.25) is 11.5 Å². The zero-order valence-electron chi connectivity index (χ0n) is 46.1. The maximum Gasteiger partial charge on any atom is 0.250 e. The van der Waals surface area contributed by atoms with Crippen LogP contribution in [-0.2, 0) is 12.8 Å². The number of fused-ring (bicyclic) bond motifs is 2. The minimum absolute atomic E-state index is 0.00315. The van der Waals surface area contributed by atoms with E-state index in [4.69, 9.17) is 46.7 Å². The van der Waals surface area contributed by atoms with Crippen LogP contribution in [0.1, 0.15) is 93.4 Å². The number of aliphatic hydroxyl groups is 2. The van der Waals surface area contributed by atoms with Gasteiger partial charge in [-0.2, -0.15) is 0 Å². The van der Waals surface area contributed by atoms with E-state index in [0.717, 1.165) is 68.8 Å². The van der Waals surface area contributed by atoms with Gasteiger partial charge in [0.1, 0.15) is 11.5 Å². The highest BCUT2D eigenvalue weighted by Gasteiger charge is 2.41. The molecule has 0 saturated heterocycles. The number of Topliss-reactive ketones (excluding diaryl/α,β-unsaturated/α-hetero) is 1. The molecule has 2 atom stereocenters. The van der Waals surface area contributed by atoms with Crippen molar-refractivity contribution in [2.24, 2.45) is 11.8 Å². The monoisotopic (exact) mass is 1100 g/mol. The van der Waals surface area contributed by atoms with Crippen LogP contribution in [0.4, 0.5) is 0 Å². The summed E-state index contributed by atoms with van der Waals surface area (Å²) in [7, 11) is 8.92. The van der Waals surface area contributed by atoms with Gasteiger partial charge in [-0.1, -0.05) is 69.6 Å². The Hall–Kier alpha value is -4.88. The van der Waals surface area contributed by atoms with Crippen LogP contribution in [0.2, 0.25) is 36.3 Å². The van der Waals surface area contributed by atoms with Gasteiger partial charge in [0.15, 0.2) is 40.3 Å². The van der Waals surface area contributed by atoms with Gasteiger partial charge < -0.3 is 57.0 Å². The van der Waals surface area contributed by atoms with Crippen molar-refractivity contribution in [3.05, 3.63) is 86.9 Å². The van der Waals surface area contributed by atoms with Gasteiger partial charge in [0, 0.05) is 46.7 Å². The van der Waals surface area contributed by atoms with Gasteiger partial charge in [-0.3, -0.25) is 4.79 Å². The summed E-state index contributed by atoms with van der Waals surface area (Å²) < 4.78 is 58.1. The van der Waals surface area contributed by atoms with Gasteiger partial charge >= 0.3 is 0 Å². The highest BCUT2D eigenvalue weighted by Crippen LogP contribution is 2.49. The van der Waals surface area contributed by atoms with Crippen molar-refractivity contribution in [2.75, 3.05) is 70.1 Å². The maximum atomic E-state index is 12.3. The van der Waals surface area contributed by atoms with Crippen molar-refractivity contribution in [1.29, 1.82) is 0 Å². The number of methoxy groups -OCH3 is 8. The zero-order valence-corrected chi connectivity index (χ0v) is 49.6. The fraction of sp³-hybridized carbons (Fsp3) is 0.518. The second kappa shape index (κ2) is 25.4. The van der Waals surface area contributed by atoms with Crippen LogP contribution in [0.25, 0.3) is 5.57 Å². The summed E-state index contributed by atoms with van der Waals surface area (Å²) in [6.07, 6.45) is 5.46. The SMILES string of the molecule is COc1cc2c(c(OC)c1OC)CC[C@@H](CO)CC2=O.COc1ccc(Br)cc1O[Si](C)(C)C(C)(C)C.COc1ccc(C2=C[C@H](CO)CCc3c2cc(OC)c(OC)c3OC)cc1O[Si](C)(C)C(C)(C)C. The Morgan fingerprint density at radius 2 is 0.986 bits per heavy atom. The smallest absolute Gasteiger partial charge is 0.250 e. The molecule has 0 radical (unpaired) electrons. The molecule has 4 aromatic carbocycles. The third-order valence-electron chi connectivity index (χ3n) is 14.3. The zero-order chi connectivity index (χ0) is 53.9. The van der Waals surface area contributed by atoms with Gasteiger partial charge in [0.05, 0.1) is 56.9 Å². The summed E-state index contributed by atoms with van der Waals surface area (Å²) in [6.45, 7) is 22.3. The summed E-state index contributed by atoms with van der Waals surface area (Å²) in [6, 6.07) is 15.6. The molecule has 13 nitrogen and oxygen atoms in total. The Balaban J connectivity index is 0.000000257. The van der Waals surface area contributed by atoms with E-state index in [0.29, 0.717) is 58.7 Å². The first-order valence-electron chi connectivity index (χ1n) is 24.3. The van der Waals surface area contributed by atoms with Gasteiger partial charge in [-0.25, -0.2) is 0 Å². The highest BCUT2D eigenvalue weighted by atomic mass is 79.9. The lowest BCUT2D eigenvalue weighted by molar-refractivity contribution is 0.0938. The number of hydrogen-bond acceptors (Lipinski definition) is 13. The third-order valence-corrected chi connectivity index (χ3v) is 23.5. The van der Waals surface area contributed by atoms with Crippen LogP contribution in [0.5, 0.6) is 57.5 Å². The van der Waals surface area contributed by atoms with Crippen molar-refractivity contribution >= 4 is 43.9 Å². The lowest BCUT2D eigenvalue weighted by atomic mass is 9.92. The normalized spacial score (nSPS) is 15.8. The molecule has 0 fully saturated rings. The molecule has 0 aromatic heterocycles. The summed E-state index contributed by atoms with van der Waals surface area (Å²) in [5.74, 6) is 6.45. The number of carbonyl (C=O) groups excluding carboxylic acids is 1. The Labute approximate surface area is 439 Å². The highest BCUT2D eigenvalue weighted by molar-refractivity contribution is 9.10. The molecule has 2 aliphatic carbocycles. The summed E-state index contributed by atoms with van der Waals surface area (Å²) in [5.41, 5.74) is 5.46. The summed E-state index contributed by atoms with van der Waals surface area (Å²) in [5, 5.41) is 19.6. The molecule has 2 aliphatic rings. The molecular formula is C56H81BrO13Si2. The molecule has 398 valence electrons. The molecule has 0 spiro atoms. The van der Waals surface area contributed by atoms with Crippen molar-refractivity contribution in [3.63, 3.8) is 0 Å². The minimum Gasteiger partial charge on any atom is -0.541 e. The Morgan fingerprint density at radius 1 is 0.542 bits per heavy atom. The first-order chi connectivity index (χ1) is 33.8. The molecule has 16 heteroatoms. The third kappa shape index (κ3) is 13.8. The number of hydrogen-bond donors (Lipinski definition) is 2. The van der Waals surface area contributed by atoms with E-state index < -0.39 is 16.6 Å². The van der Waals surface area contributed by atoms with Crippen molar-refractivity contribution in [3.8, 4) is 57.5 Å². The van der Waals surface area contributed by atoms with Crippen molar-refractivity contribution in [2.45, 2.75) is 110 Å². The lowest BCUT2D eigenvalue weighted by Gasteiger charge is -2.37. The summed E-state index contributed by atoms with van der Waals surface area (Å²) in [4.78, 5) is 12.3. The average molecular weight is 1100 g/mol. The second-order valence-electron chi connectivity index (χ2n) is 21.0. The maximum absolute atomic E-state index is 12.3. The van der Waals surface area contributed by atoms with Crippen LogP contribution >= 0.6 is 15.9 Å². The van der Waals surface area contributed by atoms with Crippen molar-refractivity contribution < 1.29 is 61.8 Å². The van der Waals surface area contributed by atoms with E-state index in [9.17, 15) is 15.0 Å². The average Bonchev–Trinajstić information content (AvgIpc) is 3.62. The van der Waals surface area contributed by atoms with Gasteiger partial charge in [-0.05, 0) is 127 Å². The van der Waals surface area contributed by atoms with E-state index in [1.165, 1.54) is 7.11 Å². The molecular weight excluding hydrogens is 1020 g/mol. The fourth-order valence-electron chi connectivity index (χ4n) is 8.04. The van der Waals surface area contributed by atoms with Crippen LogP contribution in [0, 0.1) is 11.8 Å². The van der Waals surface area contributed by atoms with Crippen LogP contribution in [0.15, 0.2) is 59.1 Å². The van der Waals surface area contributed by atoms with E-state index in [-0.39, 0.29) is 40.9 Å². The Bertz CT molecular complexity index is 2510. The molecule has 0 saturated carbocycles. The summed E-state index contributed by atoms with van der Waals surface area (Å²) >= 11 is 3.46. The molecule has 4 aromatic rings.